The second kappa shape index (κ2) is 5.14. The molecule has 12 heavy (non-hydrogen) atoms. The summed E-state index contributed by atoms with van der Waals surface area (Å²) in [6, 6.07) is 0. The maximum Gasteiger partial charge on any atom is 0.216 e. The summed E-state index contributed by atoms with van der Waals surface area (Å²) in [5.74, 6) is -0.0110. The minimum atomic E-state index is -0.248. The fourth-order valence-corrected chi connectivity index (χ4v) is 0.995. The van der Waals surface area contributed by atoms with Crippen LogP contribution in [0.25, 0.3) is 0 Å². The number of hydrogen-bond acceptors (Lipinski definition) is 2. The first-order valence-corrected chi connectivity index (χ1v) is 4.51. The van der Waals surface area contributed by atoms with Gasteiger partial charge >= 0.3 is 0 Å². The maximum atomic E-state index is 10.6. The van der Waals surface area contributed by atoms with Gasteiger partial charge in [0.1, 0.15) is 0 Å². The molecule has 3 N–H and O–H groups in total. The van der Waals surface area contributed by atoms with Gasteiger partial charge in [0.2, 0.25) is 5.91 Å². The molecule has 0 heterocycles. The van der Waals surface area contributed by atoms with E-state index in [-0.39, 0.29) is 11.4 Å². The van der Waals surface area contributed by atoms with E-state index in [0.29, 0.717) is 6.54 Å². The Morgan fingerprint density at radius 2 is 2.17 bits per heavy atom. The smallest absolute Gasteiger partial charge is 0.216 e. The summed E-state index contributed by atoms with van der Waals surface area (Å²) in [6.45, 7) is 6.19. The van der Waals surface area contributed by atoms with Gasteiger partial charge in [-0.05, 0) is 13.3 Å². The summed E-state index contributed by atoms with van der Waals surface area (Å²) in [5.41, 5.74) is 5.69. The Balaban J connectivity index is 3.63. The molecule has 0 unspecified atom stereocenters. The topological polar surface area (TPSA) is 55.1 Å². The van der Waals surface area contributed by atoms with Crippen molar-refractivity contribution in [3.8, 4) is 0 Å². The van der Waals surface area contributed by atoms with Gasteiger partial charge in [-0.15, -0.1) is 0 Å². The molecule has 1 amide bonds. The summed E-state index contributed by atoms with van der Waals surface area (Å²) in [4.78, 5) is 10.6. The first-order chi connectivity index (χ1) is 5.48. The van der Waals surface area contributed by atoms with Crippen LogP contribution in [0.3, 0.4) is 0 Å². The van der Waals surface area contributed by atoms with Crippen molar-refractivity contribution in [2.45, 2.75) is 45.6 Å². The largest absolute Gasteiger partial charge is 0.355 e. The van der Waals surface area contributed by atoms with E-state index < -0.39 is 0 Å². The Hall–Kier alpha value is -0.570. The zero-order valence-corrected chi connectivity index (χ0v) is 8.31. The van der Waals surface area contributed by atoms with E-state index in [0.717, 1.165) is 19.3 Å². The van der Waals surface area contributed by atoms with Crippen molar-refractivity contribution < 1.29 is 4.79 Å². The third kappa shape index (κ3) is 6.16. The average Bonchev–Trinajstić information content (AvgIpc) is 1.98. The molecule has 0 bridgehead atoms. The fraction of sp³-hybridized carbons (Fsp3) is 0.889. The molecule has 0 spiro atoms. The summed E-state index contributed by atoms with van der Waals surface area (Å²) >= 11 is 0. The standard InChI is InChI=1S/C9H20N2O/c1-4-5-6-9(3,10)7-11-8(2)12/h4-7,10H2,1-3H3,(H,11,12)/t9-/m1/s1. The fourth-order valence-electron chi connectivity index (χ4n) is 0.995. The van der Waals surface area contributed by atoms with E-state index in [1.54, 1.807) is 0 Å². The summed E-state index contributed by atoms with van der Waals surface area (Å²) in [7, 11) is 0. The lowest BCUT2D eigenvalue weighted by atomic mass is 9.96. The molecule has 3 heteroatoms. The van der Waals surface area contributed by atoms with Crippen LogP contribution in [0.15, 0.2) is 0 Å². The molecule has 0 saturated carbocycles. The number of nitrogens with two attached hydrogens (primary N) is 1. The van der Waals surface area contributed by atoms with E-state index >= 15 is 0 Å². The van der Waals surface area contributed by atoms with E-state index in [1.165, 1.54) is 6.92 Å². The monoisotopic (exact) mass is 172 g/mol. The Morgan fingerprint density at radius 3 is 2.58 bits per heavy atom. The van der Waals surface area contributed by atoms with Gasteiger partial charge in [0, 0.05) is 19.0 Å². The minimum absolute atomic E-state index is 0.0110. The highest BCUT2D eigenvalue weighted by Crippen LogP contribution is 2.08. The molecule has 0 rings (SSSR count). The summed E-state index contributed by atoms with van der Waals surface area (Å²) in [6.07, 6.45) is 3.23. The van der Waals surface area contributed by atoms with Crippen molar-refractivity contribution in [1.29, 1.82) is 0 Å². The van der Waals surface area contributed by atoms with E-state index in [9.17, 15) is 4.79 Å². The highest BCUT2D eigenvalue weighted by Gasteiger charge is 2.17. The molecule has 1 atom stereocenters. The third-order valence-corrected chi connectivity index (χ3v) is 1.84. The Kier molecular flexibility index (Phi) is 4.90. The van der Waals surface area contributed by atoms with Gasteiger partial charge in [-0.25, -0.2) is 0 Å². The first kappa shape index (κ1) is 11.4. The van der Waals surface area contributed by atoms with Crippen molar-refractivity contribution in [1.82, 2.24) is 5.32 Å². The zero-order chi connectivity index (χ0) is 9.61. The molecule has 0 aromatic rings. The number of amides is 1. The van der Waals surface area contributed by atoms with Crippen LogP contribution in [-0.2, 0) is 4.79 Å². The normalized spacial score (nSPS) is 15.3. The molecule has 72 valence electrons. The van der Waals surface area contributed by atoms with E-state index in [1.807, 2.05) is 6.92 Å². The number of nitrogens with one attached hydrogen (secondary N) is 1. The second-order valence-corrected chi connectivity index (χ2v) is 3.67. The predicted molar refractivity (Wildman–Crippen MR) is 50.8 cm³/mol. The Bertz CT molecular complexity index is 143. The van der Waals surface area contributed by atoms with Gasteiger partial charge in [-0.1, -0.05) is 19.8 Å². The SMILES string of the molecule is CCCC[C@@](C)(N)CNC(C)=O. The number of hydrogen-bond donors (Lipinski definition) is 2. The molecular formula is C9H20N2O. The molecule has 0 saturated heterocycles. The molecule has 0 aliphatic carbocycles. The van der Waals surface area contributed by atoms with Crippen LogP contribution in [-0.4, -0.2) is 18.0 Å². The van der Waals surface area contributed by atoms with Crippen LogP contribution < -0.4 is 11.1 Å². The van der Waals surface area contributed by atoms with Gasteiger partial charge in [-0.3, -0.25) is 4.79 Å². The maximum absolute atomic E-state index is 10.6. The minimum Gasteiger partial charge on any atom is -0.355 e. The molecule has 0 aromatic heterocycles. The summed E-state index contributed by atoms with van der Waals surface area (Å²) < 4.78 is 0. The van der Waals surface area contributed by atoms with Gasteiger partial charge < -0.3 is 11.1 Å². The van der Waals surface area contributed by atoms with Crippen LogP contribution in [0.2, 0.25) is 0 Å². The molecule has 3 nitrogen and oxygen atoms in total. The van der Waals surface area contributed by atoms with Crippen molar-refractivity contribution in [3.05, 3.63) is 0 Å². The highest BCUT2D eigenvalue weighted by atomic mass is 16.1. The molecule has 0 aliphatic rings. The second-order valence-electron chi connectivity index (χ2n) is 3.67. The molecule has 0 aliphatic heterocycles. The number of carbonyl (C=O) groups excluding carboxylic acids is 1. The van der Waals surface area contributed by atoms with Crippen LogP contribution in [0.5, 0.6) is 0 Å². The zero-order valence-electron chi connectivity index (χ0n) is 8.31. The molecular weight excluding hydrogens is 152 g/mol. The molecule has 0 fully saturated rings. The number of unbranched alkanes of at least 4 members (excludes halogenated alkanes) is 1. The predicted octanol–water partition coefficient (Wildman–Crippen LogP) is 1.03. The van der Waals surface area contributed by atoms with E-state index in [4.69, 9.17) is 5.73 Å². The quantitative estimate of drug-likeness (QED) is 0.650. The third-order valence-electron chi connectivity index (χ3n) is 1.84. The Labute approximate surface area is 74.7 Å². The van der Waals surface area contributed by atoms with Gasteiger partial charge in [-0.2, -0.15) is 0 Å². The van der Waals surface area contributed by atoms with Crippen LogP contribution >= 0.6 is 0 Å². The van der Waals surface area contributed by atoms with Gasteiger partial charge in [0.25, 0.3) is 0 Å². The van der Waals surface area contributed by atoms with Crippen LogP contribution in [0, 0.1) is 0 Å². The van der Waals surface area contributed by atoms with Crippen LogP contribution in [0.1, 0.15) is 40.0 Å². The van der Waals surface area contributed by atoms with Crippen LogP contribution in [0.4, 0.5) is 0 Å². The summed E-state index contributed by atoms with van der Waals surface area (Å²) in [5, 5.41) is 2.73. The lowest BCUT2D eigenvalue weighted by Gasteiger charge is -2.24. The van der Waals surface area contributed by atoms with Crippen molar-refractivity contribution >= 4 is 5.91 Å². The average molecular weight is 172 g/mol. The molecule has 0 radical (unpaired) electrons. The lowest BCUT2D eigenvalue weighted by molar-refractivity contribution is -0.119. The van der Waals surface area contributed by atoms with Crippen molar-refractivity contribution in [3.63, 3.8) is 0 Å². The van der Waals surface area contributed by atoms with Crippen molar-refractivity contribution in [2.24, 2.45) is 5.73 Å². The van der Waals surface area contributed by atoms with Gasteiger partial charge in [0.05, 0.1) is 0 Å². The highest BCUT2D eigenvalue weighted by molar-refractivity contribution is 5.72. The van der Waals surface area contributed by atoms with Gasteiger partial charge in [0.15, 0.2) is 0 Å². The lowest BCUT2D eigenvalue weighted by Crippen LogP contribution is -2.47. The number of carbonyl (C=O) groups is 1. The number of rotatable bonds is 5. The van der Waals surface area contributed by atoms with E-state index in [2.05, 4.69) is 12.2 Å². The Morgan fingerprint density at radius 1 is 1.58 bits per heavy atom. The first-order valence-electron chi connectivity index (χ1n) is 4.51. The molecule has 0 aromatic carbocycles. The van der Waals surface area contributed by atoms with Crippen molar-refractivity contribution in [2.75, 3.05) is 6.54 Å².